The van der Waals surface area contributed by atoms with Gasteiger partial charge in [-0.3, -0.25) is 0 Å². The van der Waals surface area contributed by atoms with Crippen molar-refractivity contribution < 1.29 is 18.3 Å². The summed E-state index contributed by atoms with van der Waals surface area (Å²) >= 11 is 4.50. The van der Waals surface area contributed by atoms with Gasteiger partial charge in [-0.15, -0.1) is 10.2 Å². The van der Waals surface area contributed by atoms with Crippen LogP contribution in [0.4, 0.5) is 5.13 Å². The molecule has 7 nitrogen and oxygen atoms in total. The van der Waals surface area contributed by atoms with Gasteiger partial charge in [-0.2, -0.15) is 0 Å². The van der Waals surface area contributed by atoms with Crippen LogP contribution in [0.2, 0.25) is 0 Å². The standard InChI is InChI=1S/C16H12BrN3O4S2/c1-20(26(23,24)13-8-4-11(5-9-13)15(21)22)16-19-18-14(25-16)10-2-6-12(17)7-3-10/h2-9H,1H3,(H,21,22). The van der Waals surface area contributed by atoms with E-state index in [9.17, 15) is 13.2 Å². The molecule has 0 aliphatic rings. The molecule has 0 aliphatic carbocycles. The number of hydrogen-bond donors (Lipinski definition) is 1. The fourth-order valence-electron chi connectivity index (χ4n) is 2.08. The molecule has 0 radical (unpaired) electrons. The minimum Gasteiger partial charge on any atom is -0.478 e. The van der Waals surface area contributed by atoms with Crippen LogP contribution >= 0.6 is 27.3 Å². The lowest BCUT2D eigenvalue weighted by atomic mass is 10.2. The predicted molar refractivity (Wildman–Crippen MR) is 102 cm³/mol. The van der Waals surface area contributed by atoms with Crippen LogP contribution in [0.15, 0.2) is 57.9 Å². The lowest BCUT2D eigenvalue weighted by Crippen LogP contribution is -2.26. The molecule has 0 aliphatic heterocycles. The largest absolute Gasteiger partial charge is 0.478 e. The summed E-state index contributed by atoms with van der Waals surface area (Å²) in [6, 6.07) is 12.4. The third kappa shape index (κ3) is 3.62. The Morgan fingerprint density at radius 3 is 2.27 bits per heavy atom. The molecule has 3 aromatic rings. The Balaban J connectivity index is 1.89. The van der Waals surface area contributed by atoms with E-state index >= 15 is 0 Å². The van der Waals surface area contributed by atoms with Gasteiger partial charge >= 0.3 is 5.97 Å². The van der Waals surface area contributed by atoms with Gasteiger partial charge < -0.3 is 5.11 Å². The van der Waals surface area contributed by atoms with Gasteiger partial charge in [0, 0.05) is 17.1 Å². The Labute approximate surface area is 162 Å². The summed E-state index contributed by atoms with van der Waals surface area (Å²) in [5.41, 5.74) is 0.841. The molecular formula is C16H12BrN3O4S2. The lowest BCUT2D eigenvalue weighted by Gasteiger charge is -2.15. The Bertz CT molecular complexity index is 1050. The van der Waals surface area contributed by atoms with E-state index in [1.807, 2.05) is 24.3 Å². The number of aromatic nitrogens is 2. The molecule has 26 heavy (non-hydrogen) atoms. The molecule has 10 heteroatoms. The molecule has 0 amide bonds. The summed E-state index contributed by atoms with van der Waals surface area (Å²) < 4.78 is 27.4. The van der Waals surface area contributed by atoms with Crippen molar-refractivity contribution in [1.29, 1.82) is 0 Å². The number of carboxylic acid groups (broad SMARTS) is 1. The Kier molecular flexibility index (Phi) is 5.08. The van der Waals surface area contributed by atoms with Crippen molar-refractivity contribution in [3.8, 4) is 10.6 Å². The van der Waals surface area contributed by atoms with Gasteiger partial charge in [-0.1, -0.05) is 39.4 Å². The maximum atomic E-state index is 12.7. The first-order chi connectivity index (χ1) is 12.3. The van der Waals surface area contributed by atoms with Gasteiger partial charge in [0.25, 0.3) is 10.0 Å². The molecule has 3 rings (SSSR count). The van der Waals surface area contributed by atoms with Gasteiger partial charge in [0.2, 0.25) is 5.13 Å². The van der Waals surface area contributed by atoms with E-state index in [-0.39, 0.29) is 15.6 Å². The van der Waals surface area contributed by atoms with Gasteiger partial charge in [0.15, 0.2) is 0 Å². The van der Waals surface area contributed by atoms with Crippen molar-refractivity contribution in [2.75, 3.05) is 11.4 Å². The first-order valence-electron chi connectivity index (χ1n) is 7.21. The van der Waals surface area contributed by atoms with Crippen LogP contribution in [0.5, 0.6) is 0 Å². The minimum absolute atomic E-state index is 0.0139. The SMILES string of the molecule is CN(c1nnc(-c2ccc(Br)cc2)s1)S(=O)(=O)c1ccc(C(=O)O)cc1. The maximum absolute atomic E-state index is 12.7. The van der Waals surface area contributed by atoms with E-state index in [1.54, 1.807) is 0 Å². The number of aromatic carboxylic acids is 1. The van der Waals surface area contributed by atoms with E-state index in [4.69, 9.17) is 5.11 Å². The number of nitrogens with zero attached hydrogens (tertiary/aromatic N) is 3. The van der Waals surface area contributed by atoms with Crippen LogP contribution in [0, 0.1) is 0 Å². The fraction of sp³-hybridized carbons (Fsp3) is 0.0625. The van der Waals surface area contributed by atoms with Crippen LogP contribution in [0.1, 0.15) is 10.4 Å². The van der Waals surface area contributed by atoms with Gasteiger partial charge in [-0.25, -0.2) is 17.5 Å². The Morgan fingerprint density at radius 1 is 1.08 bits per heavy atom. The number of carbonyl (C=O) groups is 1. The van der Waals surface area contributed by atoms with Crippen molar-refractivity contribution in [1.82, 2.24) is 10.2 Å². The minimum atomic E-state index is -3.87. The summed E-state index contributed by atoms with van der Waals surface area (Å²) in [6.07, 6.45) is 0. The summed E-state index contributed by atoms with van der Waals surface area (Å²) in [7, 11) is -2.49. The van der Waals surface area contributed by atoms with Crippen LogP contribution in [-0.4, -0.2) is 36.7 Å². The zero-order chi connectivity index (χ0) is 18.9. The number of rotatable bonds is 5. The highest BCUT2D eigenvalue weighted by molar-refractivity contribution is 9.10. The molecule has 0 bridgehead atoms. The highest BCUT2D eigenvalue weighted by Gasteiger charge is 2.24. The average molecular weight is 454 g/mol. The zero-order valence-corrected chi connectivity index (χ0v) is 16.5. The summed E-state index contributed by atoms with van der Waals surface area (Å²) in [6.45, 7) is 0. The van der Waals surface area contributed by atoms with E-state index in [0.717, 1.165) is 25.7 Å². The topological polar surface area (TPSA) is 100 Å². The van der Waals surface area contributed by atoms with Gasteiger partial charge in [-0.05, 0) is 36.4 Å². The smallest absolute Gasteiger partial charge is 0.335 e. The molecule has 134 valence electrons. The van der Waals surface area contributed by atoms with Crippen LogP contribution in [0.25, 0.3) is 10.6 Å². The monoisotopic (exact) mass is 453 g/mol. The molecule has 0 fully saturated rings. The lowest BCUT2D eigenvalue weighted by molar-refractivity contribution is 0.0696. The van der Waals surface area contributed by atoms with Crippen molar-refractivity contribution in [3.63, 3.8) is 0 Å². The van der Waals surface area contributed by atoms with E-state index < -0.39 is 16.0 Å². The second-order valence-electron chi connectivity index (χ2n) is 5.20. The molecule has 2 aromatic carbocycles. The number of hydrogen-bond acceptors (Lipinski definition) is 6. The number of sulfonamides is 1. The van der Waals surface area contributed by atoms with Gasteiger partial charge in [0.1, 0.15) is 5.01 Å². The average Bonchev–Trinajstić information content (AvgIpc) is 3.11. The summed E-state index contributed by atoms with van der Waals surface area (Å²) in [5.74, 6) is -1.12. The van der Waals surface area contributed by atoms with E-state index in [2.05, 4.69) is 26.1 Å². The zero-order valence-electron chi connectivity index (χ0n) is 13.3. The number of benzene rings is 2. The van der Waals surface area contributed by atoms with Crippen LogP contribution in [0.3, 0.4) is 0 Å². The quantitative estimate of drug-likeness (QED) is 0.634. The third-order valence-electron chi connectivity index (χ3n) is 3.53. The fourth-order valence-corrected chi connectivity index (χ4v) is 4.51. The molecule has 0 atom stereocenters. The Hall–Kier alpha value is -2.30. The number of anilines is 1. The highest BCUT2D eigenvalue weighted by atomic mass is 79.9. The molecule has 0 saturated heterocycles. The molecular weight excluding hydrogens is 442 g/mol. The number of carboxylic acids is 1. The number of halogens is 1. The molecule has 1 heterocycles. The van der Waals surface area contributed by atoms with E-state index in [1.165, 1.54) is 31.3 Å². The van der Waals surface area contributed by atoms with E-state index in [0.29, 0.717) is 5.01 Å². The second kappa shape index (κ2) is 7.14. The Morgan fingerprint density at radius 2 is 1.69 bits per heavy atom. The molecule has 0 spiro atoms. The first kappa shape index (κ1) is 18.5. The second-order valence-corrected chi connectivity index (χ2v) is 9.04. The van der Waals surface area contributed by atoms with Crippen LogP contribution in [-0.2, 0) is 10.0 Å². The highest BCUT2D eigenvalue weighted by Crippen LogP contribution is 2.31. The predicted octanol–water partition coefficient (Wildman–Crippen LogP) is 3.49. The molecule has 0 saturated carbocycles. The van der Waals surface area contributed by atoms with Crippen molar-refractivity contribution in [3.05, 3.63) is 58.6 Å². The summed E-state index contributed by atoms with van der Waals surface area (Å²) in [5, 5.41) is 17.7. The van der Waals surface area contributed by atoms with Crippen molar-refractivity contribution in [2.45, 2.75) is 4.90 Å². The molecule has 0 unspecified atom stereocenters. The summed E-state index contributed by atoms with van der Waals surface area (Å²) in [4.78, 5) is 10.9. The molecule has 1 aromatic heterocycles. The maximum Gasteiger partial charge on any atom is 0.335 e. The van der Waals surface area contributed by atoms with Gasteiger partial charge in [0.05, 0.1) is 10.5 Å². The van der Waals surface area contributed by atoms with Crippen LogP contribution < -0.4 is 4.31 Å². The normalized spacial score (nSPS) is 11.3. The van der Waals surface area contributed by atoms with Crippen molar-refractivity contribution in [2.24, 2.45) is 0 Å². The third-order valence-corrected chi connectivity index (χ3v) is 6.99. The first-order valence-corrected chi connectivity index (χ1v) is 10.3. The van der Waals surface area contributed by atoms with Crippen molar-refractivity contribution >= 4 is 48.4 Å². The molecule has 1 N–H and O–H groups in total.